The van der Waals surface area contributed by atoms with E-state index in [1.165, 1.54) is 15.6 Å². The third kappa shape index (κ3) is 3.57. The molecule has 0 amide bonds. The molecule has 0 atom stereocenters. The number of hydrogen-bond acceptors (Lipinski definition) is 0. The van der Waals surface area contributed by atoms with Crippen LogP contribution in [0.1, 0.15) is 33.6 Å². The molecule has 0 N–H and O–H groups in total. The Labute approximate surface area is 160 Å². The minimum absolute atomic E-state index is 0.216. The molecule has 0 heterocycles. The summed E-state index contributed by atoms with van der Waals surface area (Å²) < 4.78 is 0. The minimum atomic E-state index is -2.23. The maximum Gasteiger partial charge on any atom is 0.129 e. The highest BCUT2D eigenvalue weighted by Gasteiger charge is 2.44. The average molecular weight is 355 g/mol. The summed E-state index contributed by atoms with van der Waals surface area (Å²) >= 11 is 0. The van der Waals surface area contributed by atoms with E-state index in [0.29, 0.717) is 0 Å². The monoisotopic (exact) mass is 355 g/mol. The smallest absolute Gasteiger partial charge is 0.0671 e. The molecule has 3 aromatic rings. The fourth-order valence-electron chi connectivity index (χ4n) is 3.83. The lowest BCUT2D eigenvalue weighted by Crippen LogP contribution is -2.73. The predicted octanol–water partition coefficient (Wildman–Crippen LogP) is 4.36. The van der Waals surface area contributed by atoms with Gasteiger partial charge in [-0.3, -0.25) is 0 Å². The molecule has 0 nitrogen and oxygen atoms in total. The normalized spacial score (nSPS) is 12.0. The Morgan fingerprint density at radius 2 is 0.923 bits per heavy atom. The number of hydrogen-bond donors (Lipinski definition) is 0. The van der Waals surface area contributed by atoms with Crippen molar-refractivity contribution in [3.8, 4) is 0 Å². The lowest BCUT2D eigenvalue weighted by atomic mass is 9.65. The van der Waals surface area contributed by atoms with Crippen LogP contribution < -0.4 is 15.6 Å². The van der Waals surface area contributed by atoms with Crippen LogP contribution in [-0.4, -0.2) is 14.8 Å². The van der Waals surface area contributed by atoms with Gasteiger partial charge in [0, 0.05) is 0 Å². The number of rotatable bonds is 7. The summed E-state index contributed by atoms with van der Waals surface area (Å²) in [7, 11) is -2.23. The lowest BCUT2D eigenvalue weighted by Gasteiger charge is -2.40. The van der Waals surface area contributed by atoms with Crippen molar-refractivity contribution in [2.75, 3.05) is 0 Å². The van der Waals surface area contributed by atoms with Crippen molar-refractivity contribution in [2.24, 2.45) is 0 Å². The quantitative estimate of drug-likeness (QED) is 0.436. The summed E-state index contributed by atoms with van der Waals surface area (Å²) in [5.74, 6) is 0. The van der Waals surface area contributed by atoms with Gasteiger partial charge in [-0.1, -0.05) is 145 Å². The third-order valence-electron chi connectivity index (χ3n) is 5.87. The molecule has 0 saturated heterocycles. The Morgan fingerprint density at radius 1 is 0.615 bits per heavy atom. The zero-order valence-electron chi connectivity index (χ0n) is 16.2. The van der Waals surface area contributed by atoms with Gasteiger partial charge < -0.3 is 0 Å². The first kappa shape index (κ1) is 18.7. The van der Waals surface area contributed by atoms with Crippen LogP contribution in [0.25, 0.3) is 0 Å². The first-order valence-corrected chi connectivity index (χ1v) is 11.8. The second-order valence-electron chi connectivity index (χ2n) is 7.41. The highest BCUT2D eigenvalue weighted by molar-refractivity contribution is 7.44. The van der Waals surface area contributed by atoms with E-state index in [1.807, 2.05) is 0 Å². The molecule has 1 radical (unpaired) electrons. The van der Waals surface area contributed by atoms with E-state index in [4.69, 9.17) is 0 Å². The third-order valence-corrected chi connectivity index (χ3v) is 10.7. The van der Waals surface area contributed by atoms with Gasteiger partial charge in [-0.25, -0.2) is 0 Å². The Hall–Kier alpha value is -2.06. The van der Waals surface area contributed by atoms with Crippen LogP contribution in [0.15, 0.2) is 91.0 Å². The molecule has 0 spiro atoms. The van der Waals surface area contributed by atoms with Crippen LogP contribution in [0.2, 0.25) is 5.31 Å². The summed E-state index contributed by atoms with van der Waals surface area (Å²) in [6, 6.07) is 33.5. The van der Waals surface area contributed by atoms with Crippen molar-refractivity contribution in [3.63, 3.8) is 0 Å². The first-order chi connectivity index (χ1) is 12.6. The van der Waals surface area contributed by atoms with Gasteiger partial charge in [0.15, 0.2) is 0 Å². The van der Waals surface area contributed by atoms with E-state index in [0.717, 1.165) is 12.8 Å². The molecule has 0 saturated carbocycles. The second kappa shape index (κ2) is 8.09. The molecule has 3 rings (SSSR count). The zero-order chi connectivity index (χ0) is 18.5. The molecule has 3 aromatic carbocycles. The molecule has 0 bridgehead atoms. The van der Waals surface area contributed by atoms with Gasteiger partial charge in [0.05, 0.1) is 0 Å². The summed E-state index contributed by atoms with van der Waals surface area (Å²) in [5, 5.41) is 4.61. The van der Waals surface area contributed by atoms with Crippen molar-refractivity contribution in [2.45, 2.75) is 38.9 Å². The average Bonchev–Trinajstić information content (AvgIpc) is 2.74. The summed E-state index contributed by atoms with van der Waals surface area (Å²) in [6.45, 7) is 9.80. The van der Waals surface area contributed by atoms with Gasteiger partial charge >= 0.3 is 0 Å². The number of benzene rings is 3. The van der Waals surface area contributed by atoms with Gasteiger partial charge in [-0.2, -0.15) is 0 Å². The first-order valence-electron chi connectivity index (χ1n) is 9.68. The van der Waals surface area contributed by atoms with E-state index in [9.17, 15) is 0 Å². The van der Waals surface area contributed by atoms with Crippen LogP contribution in [0, 0.1) is 0 Å². The maximum absolute atomic E-state index is 2.74. The zero-order valence-corrected chi connectivity index (χ0v) is 17.2. The standard InChI is InChI=1S/C24H28BSi/c1-4-24(3,5-2)25-26(21-15-9-6-10-16-21,22-17-11-7-12-18-22)23-19-13-8-14-20-23/h6-20H,4-5H2,1-3H3. The molecule has 131 valence electrons. The van der Waals surface area contributed by atoms with Gasteiger partial charge in [-0.15, -0.1) is 0 Å². The van der Waals surface area contributed by atoms with E-state index in [-0.39, 0.29) is 5.31 Å². The molecule has 2 heteroatoms. The largest absolute Gasteiger partial charge is 0.129 e. The van der Waals surface area contributed by atoms with Crippen molar-refractivity contribution >= 4 is 30.4 Å². The summed E-state index contributed by atoms with van der Waals surface area (Å²) in [4.78, 5) is 0. The molecule has 0 fully saturated rings. The van der Waals surface area contributed by atoms with Gasteiger partial charge in [0.2, 0.25) is 0 Å². The molecular formula is C24H28BSi. The molecule has 0 aliphatic rings. The molecular weight excluding hydrogens is 327 g/mol. The fourth-order valence-corrected chi connectivity index (χ4v) is 8.94. The van der Waals surface area contributed by atoms with Crippen LogP contribution >= 0.6 is 0 Å². The minimum Gasteiger partial charge on any atom is -0.0671 e. The topological polar surface area (TPSA) is 0 Å². The SMILES string of the molecule is CCC(C)([B][Si](c1ccccc1)(c1ccccc1)c1ccccc1)CC. The van der Waals surface area contributed by atoms with E-state index < -0.39 is 7.94 Å². The van der Waals surface area contributed by atoms with Crippen molar-refractivity contribution in [3.05, 3.63) is 91.0 Å². The Balaban J connectivity index is 2.32. The van der Waals surface area contributed by atoms with Crippen LogP contribution in [0.3, 0.4) is 0 Å². The molecule has 0 aliphatic heterocycles. The summed E-state index contributed by atoms with van der Waals surface area (Å²) in [5.41, 5.74) is 0. The Bertz CT molecular complexity index is 699. The lowest BCUT2D eigenvalue weighted by molar-refractivity contribution is 0.567. The highest BCUT2D eigenvalue weighted by Crippen LogP contribution is 2.34. The van der Waals surface area contributed by atoms with Crippen LogP contribution in [-0.2, 0) is 0 Å². The van der Waals surface area contributed by atoms with E-state index >= 15 is 0 Å². The van der Waals surface area contributed by atoms with Crippen molar-refractivity contribution < 1.29 is 0 Å². The van der Waals surface area contributed by atoms with Crippen molar-refractivity contribution in [1.82, 2.24) is 0 Å². The van der Waals surface area contributed by atoms with Crippen LogP contribution in [0.5, 0.6) is 0 Å². The predicted molar refractivity (Wildman–Crippen MR) is 119 cm³/mol. The van der Waals surface area contributed by atoms with E-state index in [2.05, 4.69) is 119 Å². The molecule has 0 aliphatic carbocycles. The van der Waals surface area contributed by atoms with Gasteiger partial charge in [0.1, 0.15) is 14.8 Å². The summed E-state index contributed by atoms with van der Waals surface area (Å²) in [6.07, 6.45) is 2.31. The molecule has 26 heavy (non-hydrogen) atoms. The Kier molecular flexibility index (Phi) is 5.83. The Morgan fingerprint density at radius 3 is 1.19 bits per heavy atom. The van der Waals surface area contributed by atoms with Crippen molar-refractivity contribution in [1.29, 1.82) is 0 Å². The van der Waals surface area contributed by atoms with E-state index in [1.54, 1.807) is 0 Å². The van der Waals surface area contributed by atoms with Crippen LogP contribution in [0.4, 0.5) is 0 Å². The fraction of sp³-hybridized carbons (Fsp3) is 0.250. The molecule has 0 unspecified atom stereocenters. The maximum atomic E-state index is 2.74. The molecule has 0 aromatic heterocycles. The van der Waals surface area contributed by atoms with Gasteiger partial charge in [-0.05, 0) is 0 Å². The highest BCUT2D eigenvalue weighted by atomic mass is 28.3. The van der Waals surface area contributed by atoms with Gasteiger partial charge in [0.25, 0.3) is 0 Å². The second-order valence-corrected chi connectivity index (χ2v) is 11.0.